The van der Waals surface area contributed by atoms with Gasteiger partial charge in [0.15, 0.2) is 6.29 Å². The molecular formula is C9H18O6S. The first kappa shape index (κ1) is 14.2. The molecule has 0 saturated carbocycles. The lowest BCUT2D eigenvalue weighted by molar-refractivity contribution is -0.300. The molecule has 7 heteroatoms. The Labute approximate surface area is 99.2 Å². The number of ether oxygens (including phenoxy) is 2. The van der Waals surface area contributed by atoms with Crippen LogP contribution >= 0.6 is 12.6 Å². The maximum Gasteiger partial charge on any atom is 0.186 e. The quantitative estimate of drug-likeness (QED) is 0.291. The summed E-state index contributed by atoms with van der Waals surface area (Å²) in [6, 6.07) is 0. The van der Waals surface area contributed by atoms with Crippen LogP contribution in [0.3, 0.4) is 0 Å². The Kier molecular flexibility index (Phi) is 5.98. The Bertz CT molecular complexity index is 202. The summed E-state index contributed by atoms with van der Waals surface area (Å²) >= 11 is 4.00. The number of thiol groups is 1. The van der Waals surface area contributed by atoms with Crippen LogP contribution in [0.2, 0.25) is 0 Å². The first-order chi connectivity index (χ1) is 7.61. The molecule has 1 rings (SSSR count). The van der Waals surface area contributed by atoms with Crippen LogP contribution in [0.4, 0.5) is 0 Å². The van der Waals surface area contributed by atoms with E-state index in [1.807, 2.05) is 0 Å². The van der Waals surface area contributed by atoms with Gasteiger partial charge in [-0.2, -0.15) is 12.6 Å². The van der Waals surface area contributed by atoms with Crippen LogP contribution in [0.15, 0.2) is 0 Å². The van der Waals surface area contributed by atoms with Gasteiger partial charge in [-0.15, -0.1) is 0 Å². The average molecular weight is 254 g/mol. The molecule has 1 saturated heterocycles. The Hall–Kier alpha value is 0.110. The first-order valence-corrected chi connectivity index (χ1v) is 5.78. The van der Waals surface area contributed by atoms with Crippen LogP contribution in [0.25, 0.3) is 0 Å². The van der Waals surface area contributed by atoms with Gasteiger partial charge in [-0.1, -0.05) is 0 Å². The van der Waals surface area contributed by atoms with Crippen LogP contribution in [0.1, 0.15) is 6.42 Å². The van der Waals surface area contributed by atoms with E-state index in [1.54, 1.807) is 0 Å². The molecule has 0 aliphatic carbocycles. The van der Waals surface area contributed by atoms with Gasteiger partial charge in [0, 0.05) is 0 Å². The highest BCUT2D eigenvalue weighted by Crippen LogP contribution is 2.21. The van der Waals surface area contributed by atoms with Crippen LogP contribution in [-0.4, -0.2) is 70.1 Å². The molecule has 4 N–H and O–H groups in total. The van der Waals surface area contributed by atoms with Crippen LogP contribution in [0, 0.1) is 0 Å². The zero-order valence-corrected chi connectivity index (χ0v) is 9.66. The van der Waals surface area contributed by atoms with Crippen molar-refractivity contribution in [1.29, 1.82) is 0 Å². The van der Waals surface area contributed by atoms with Crippen molar-refractivity contribution in [3.63, 3.8) is 0 Å². The number of hydrogen-bond acceptors (Lipinski definition) is 7. The highest BCUT2D eigenvalue weighted by atomic mass is 32.1. The Balaban J connectivity index is 2.50. The lowest BCUT2D eigenvalue weighted by Gasteiger charge is -2.39. The summed E-state index contributed by atoms with van der Waals surface area (Å²) in [5, 5.41) is 37.4. The van der Waals surface area contributed by atoms with Gasteiger partial charge in [0.25, 0.3) is 0 Å². The van der Waals surface area contributed by atoms with Crippen molar-refractivity contribution in [2.24, 2.45) is 0 Å². The van der Waals surface area contributed by atoms with E-state index < -0.39 is 37.3 Å². The van der Waals surface area contributed by atoms with Gasteiger partial charge in [0.2, 0.25) is 0 Å². The van der Waals surface area contributed by atoms with E-state index in [4.69, 9.17) is 14.6 Å². The van der Waals surface area contributed by atoms with Gasteiger partial charge in [-0.05, 0) is 12.2 Å². The Morgan fingerprint density at radius 2 is 1.81 bits per heavy atom. The number of rotatable bonds is 5. The molecule has 0 aromatic heterocycles. The third-order valence-electron chi connectivity index (χ3n) is 2.43. The molecule has 0 spiro atoms. The van der Waals surface area contributed by atoms with E-state index in [-0.39, 0.29) is 0 Å². The van der Waals surface area contributed by atoms with Crippen molar-refractivity contribution in [3.05, 3.63) is 0 Å². The summed E-state index contributed by atoms with van der Waals surface area (Å²) in [6.07, 6.45) is -5.32. The third-order valence-corrected chi connectivity index (χ3v) is 2.75. The van der Waals surface area contributed by atoms with E-state index in [2.05, 4.69) is 12.6 Å². The number of aliphatic hydroxyl groups is 4. The second kappa shape index (κ2) is 6.75. The minimum atomic E-state index is -1.38. The van der Waals surface area contributed by atoms with Crippen molar-refractivity contribution in [1.82, 2.24) is 0 Å². The number of aliphatic hydroxyl groups excluding tert-OH is 4. The van der Waals surface area contributed by atoms with Gasteiger partial charge >= 0.3 is 0 Å². The molecule has 96 valence electrons. The lowest BCUT2D eigenvalue weighted by Crippen LogP contribution is -2.59. The molecule has 0 radical (unpaired) electrons. The minimum absolute atomic E-state index is 0.326. The fourth-order valence-corrected chi connectivity index (χ4v) is 1.60. The van der Waals surface area contributed by atoms with E-state index in [9.17, 15) is 15.3 Å². The van der Waals surface area contributed by atoms with E-state index in [0.29, 0.717) is 18.8 Å². The summed E-state index contributed by atoms with van der Waals surface area (Å²) < 4.78 is 10.3. The molecule has 0 amide bonds. The standard InChI is InChI=1S/C9H18O6S/c10-4-5-6(11)7(12)8(13)9(15-5)14-2-1-3-16/h5-13,16H,1-4H2/t5?,6-,7?,8+,9+/m1/s1. The van der Waals surface area contributed by atoms with Crippen molar-refractivity contribution in [2.75, 3.05) is 19.0 Å². The van der Waals surface area contributed by atoms with Crippen molar-refractivity contribution in [2.45, 2.75) is 37.1 Å². The van der Waals surface area contributed by atoms with E-state index in [1.165, 1.54) is 0 Å². The summed E-state index contributed by atoms with van der Waals surface area (Å²) in [4.78, 5) is 0. The predicted octanol–water partition coefficient (Wildman–Crippen LogP) is -1.88. The van der Waals surface area contributed by atoms with Crippen LogP contribution in [0.5, 0.6) is 0 Å². The molecule has 1 aliphatic heterocycles. The van der Waals surface area contributed by atoms with E-state index >= 15 is 0 Å². The second-order valence-corrected chi connectivity index (χ2v) is 4.09. The Morgan fingerprint density at radius 1 is 1.12 bits per heavy atom. The minimum Gasteiger partial charge on any atom is -0.394 e. The molecule has 6 nitrogen and oxygen atoms in total. The molecule has 5 atom stereocenters. The van der Waals surface area contributed by atoms with Gasteiger partial charge in [-0.3, -0.25) is 0 Å². The number of hydrogen-bond donors (Lipinski definition) is 5. The smallest absolute Gasteiger partial charge is 0.186 e. The maximum atomic E-state index is 9.56. The normalized spacial score (nSPS) is 39.9. The molecule has 16 heavy (non-hydrogen) atoms. The molecular weight excluding hydrogens is 236 g/mol. The molecule has 1 heterocycles. The average Bonchev–Trinajstić information content (AvgIpc) is 2.29. The monoisotopic (exact) mass is 254 g/mol. The zero-order valence-electron chi connectivity index (χ0n) is 8.77. The third kappa shape index (κ3) is 3.30. The highest BCUT2D eigenvalue weighted by Gasteiger charge is 2.43. The molecule has 1 aliphatic rings. The summed E-state index contributed by atoms with van der Waals surface area (Å²) in [5.41, 5.74) is 0. The maximum absolute atomic E-state index is 9.56. The topological polar surface area (TPSA) is 99.4 Å². The summed E-state index contributed by atoms with van der Waals surface area (Å²) in [6.45, 7) is -0.121. The molecule has 1 fully saturated rings. The van der Waals surface area contributed by atoms with Crippen molar-refractivity contribution >= 4 is 12.6 Å². The highest BCUT2D eigenvalue weighted by molar-refractivity contribution is 7.80. The fraction of sp³-hybridized carbons (Fsp3) is 1.00. The summed E-state index contributed by atoms with van der Waals surface area (Å²) in [5.74, 6) is 0.636. The molecule has 0 aromatic rings. The van der Waals surface area contributed by atoms with Gasteiger partial charge in [-0.25, -0.2) is 0 Å². The molecule has 0 aromatic carbocycles. The molecule has 2 unspecified atom stereocenters. The van der Waals surface area contributed by atoms with Gasteiger partial charge in [0.05, 0.1) is 13.2 Å². The van der Waals surface area contributed by atoms with Crippen LogP contribution in [-0.2, 0) is 9.47 Å². The lowest BCUT2D eigenvalue weighted by atomic mass is 9.99. The van der Waals surface area contributed by atoms with Gasteiger partial charge < -0.3 is 29.9 Å². The summed E-state index contributed by atoms with van der Waals surface area (Å²) in [7, 11) is 0. The fourth-order valence-electron chi connectivity index (χ4n) is 1.47. The second-order valence-electron chi connectivity index (χ2n) is 3.65. The SMILES string of the molecule is OCC1O[C@H](OCCCS)[C@@H](O)C(O)[C@@H]1O. The zero-order chi connectivity index (χ0) is 12.1. The van der Waals surface area contributed by atoms with Crippen molar-refractivity contribution < 1.29 is 29.9 Å². The largest absolute Gasteiger partial charge is 0.394 e. The predicted molar refractivity (Wildman–Crippen MR) is 58.2 cm³/mol. The van der Waals surface area contributed by atoms with E-state index in [0.717, 1.165) is 0 Å². The van der Waals surface area contributed by atoms with Gasteiger partial charge in [0.1, 0.15) is 24.4 Å². The first-order valence-electron chi connectivity index (χ1n) is 5.14. The molecule has 0 bridgehead atoms. The van der Waals surface area contributed by atoms with Crippen molar-refractivity contribution in [3.8, 4) is 0 Å². The Morgan fingerprint density at radius 3 is 2.38 bits per heavy atom. The van der Waals surface area contributed by atoms with Crippen LogP contribution < -0.4 is 0 Å².